The van der Waals surface area contributed by atoms with Crippen LogP contribution in [0.25, 0.3) is 0 Å². The Bertz CT molecular complexity index is 900. The van der Waals surface area contributed by atoms with Gasteiger partial charge in [0.25, 0.3) is 5.72 Å². The number of halogens is 3. The lowest BCUT2D eigenvalue weighted by Crippen LogP contribution is -2.56. The summed E-state index contributed by atoms with van der Waals surface area (Å²) in [6.45, 7) is 0. The summed E-state index contributed by atoms with van der Waals surface area (Å²) in [6, 6.07) is 15.6. The molecular weight excluding hydrogens is 385 g/mol. The average molecular weight is 406 g/mol. The summed E-state index contributed by atoms with van der Waals surface area (Å²) in [5, 5.41) is 14.4. The van der Waals surface area contributed by atoms with Gasteiger partial charge in [-0.25, -0.2) is 0 Å². The lowest BCUT2D eigenvalue weighted by Gasteiger charge is -2.32. The van der Waals surface area contributed by atoms with Gasteiger partial charge in [-0.15, -0.1) is 0 Å². The van der Waals surface area contributed by atoms with E-state index >= 15 is 0 Å². The number of hydrazone groups is 1. The van der Waals surface area contributed by atoms with E-state index < -0.39 is 24.2 Å². The summed E-state index contributed by atoms with van der Waals surface area (Å²) in [6.07, 6.45) is -5.17. The molecule has 0 saturated carbocycles. The molecule has 1 N–H and O–H groups in total. The van der Waals surface area contributed by atoms with Gasteiger partial charge >= 0.3 is 6.18 Å². The van der Waals surface area contributed by atoms with Crippen LogP contribution in [0.15, 0.2) is 59.7 Å². The van der Waals surface area contributed by atoms with E-state index in [1.165, 1.54) is 13.2 Å². The number of alkyl halides is 3. The first kappa shape index (κ1) is 20.9. The first-order valence-electron chi connectivity index (χ1n) is 9.12. The molecule has 29 heavy (non-hydrogen) atoms. The molecule has 0 saturated heterocycles. The molecule has 0 spiro atoms. The molecule has 2 aromatic carbocycles. The van der Waals surface area contributed by atoms with Gasteiger partial charge in [-0.3, -0.25) is 4.79 Å². The first-order chi connectivity index (χ1) is 13.7. The second kappa shape index (κ2) is 8.24. The van der Waals surface area contributed by atoms with Crippen LogP contribution >= 0.6 is 0 Å². The zero-order chi connectivity index (χ0) is 21.1. The number of hydrogen-bond donors (Lipinski definition) is 1. The molecule has 3 rings (SSSR count). The van der Waals surface area contributed by atoms with Gasteiger partial charge in [-0.1, -0.05) is 42.5 Å². The smallest absolute Gasteiger partial charge is 0.438 e. The molecule has 1 atom stereocenters. The predicted molar refractivity (Wildman–Crippen MR) is 101 cm³/mol. The second-order valence-electron chi connectivity index (χ2n) is 6.81. The predicted octanol–water partition coefficient (Wildman–Crippen LogP) is 3.91. The van der Waals surface area contributed by atoms with Gasteiger partial charge in [0.1, 0.15) is 5.75 Å². The van der Waals surface area contributed by atoms with Crippen molar-refractivity contribution in [1.82, 2.24) is 5.01 Å². The number of methoxy groups -OCH3 is 1. The van der Waals surface area contributed by atoms with Crippen LogP contribution in [0.1, 0.15) is 30.4 Å². The Morgan fingerprint density at radius 3 is 2.59 bits per heavy atom. The van der Waals surface area contributed by atoms with Crippen molar-refractivity contribution in [1.29, 1.82) is 0 Å². The Balaban J connectivity index is 1.80. The summed E-state index contributed by atoms with van der Waals surface area (Å²) in [5.74, 6) is -0.438. The number of ether oxygens (including phenoxy) is 1. The summed E-state index contributed by atoms with van der Waals surface area (Å²) in [4.78, 5) is 12.5. The Hall–Kier alpha value is -2.87. The number of nitrogens with zero attached hydrogens (tertiary/aromatic N) is 2. The molecule has 154 valence electrons. The van der Waals surface area contributed by atoms with Crippen LogP contribution in [0.3, 0.4) is 0 Å². The number of aryl methyl sites for hydroxylation is 1. The average Bonchev–Trinajstić information content (AvgIpc) is 3.08. The minimum Gasteiger partial charge on any atom is -0.497 e. The van der Waals surface area contributed by atoms with Gasteiger partial charge in [0, 0.05) is 12.0 Å². The fourth-order valence-electron chi connectivity index (χ4n) is 3.19. The number of amides is 1. The lowest BCUT2D eigenvalue weighted by molar-refractivity contribution is -0.302. The third-order valence-corrected chi connectivity index (χ3v) is 4.78. The van der Waals surface area contributed by atoms with Gasteiger partial charge in [0.2, 0.25) is 5.91 Å². The number of carbonyl (C=O) groups is 1. The molecule has 1 amide bonds. The topological polar surface area (TPSA) is 62.1 Å². The van der Waals surface area contributed by atoms with Crippen molar-refractivity contribution in [3.05, 3.63) is 65.7 Å². The summed E-state index contributed by atoms with van der Waals surface area (Å²) >= 11 is 0. The Labute approximate surface area is 166 Å². The van der Waals surface area contributed by atoms with Crippen LogP contribution in [0.5, 0.6) is 5.75 Å². The molecule has 0 radical (unpaired) electrons. The molecule has 0 aliphatic carbocycles. The number of aliphatic hydroxyl groups is 1. The van der Waals surface area contributed by atoms with E-state index in [2.05, 4.69) is 5.10 Å². The molecule has 1 heterocycles. The monoisotopic (exact) mass is 406 g/mol. The van der Waals surface area contributed by atoms with Crippen LogP contribution in [0.2, 0.25) is 0 Å². The van der Waals surface area contributed by atoms with Crippen molar-refractivity contribution in [3.8, 4) is 5.75 Å². The number of hydrogen-bond acceptors (Lipinski definition) is 4. The van der Waals surface area contributed by atoms with E-state index in [0.29, 0.717) is 24.2 Å². The zero-order valence-corrected chi connectivity index (χ0v) is 15.8. The Morgan fingerprint density at radius 1 is 1.21 bits per heavy atom. The minimum atomic E-state index is -5.05. The standard InChI is InChI=1S/C21H21F3N2O3/c1-29-17-11-6-10-16(13-17)18-14-20(28,21(22,23)24)26(25-18)19(27)12-5-9-15-7-3-2-4-8-15/h2-4,6-8,10-11,13,28H,5,9,12,14H2,1H3/t20-/m0/s1. The van der Waals surface area contributed by atoms with Crippen molar-refractivity contribution in [2.75, 3.05) is 7.11 Å². The van der Waals surface area contributed by atoms with E-state index in [1.54, 1.807) is 18.2 Å². The Kier molecular flexibility index (Phi) is 5.93. The number of rotatable bonds is 6. The highest BCUT2D eigenvalue weighted by Gasteiger charge is 2.63. The van der Waals surface area contributed by atoms with Crippen LogP contribution in [0, 0.1) is 0 Å². The van der Waals surface area contributed by atoms with Crippen LogP contribution in [-0.2, 0) is 11.2 Å². The highest BCUT2D eigenvalue weighted by atomic mass is 19.4. The van der Waals surface area contributed by atoms with Crippen LogP contribution in [0.4, 0.5) is 13.2 Å². The molecule has 8 heteroatoms. The van der Waals surface area contributed by atoms with Crippen LogP contribution in [-0.4, -0.2) is 40.7 Å². The summed E-state index contributed by atoms with van der Waals surface area (Å²) in [5.41, 5.74) is -2.06. The quantitative estimate of drug-likeness (QED) is 0.791. The summed E-state index contributed by atoms with van der Waals surface area (Å²) in [7, 11) is 1.43. The molecule has 1 aliphatic heterocycles. The van der Waals surface area contributed by atoms with Gasteiger partial charge in [0.05, 0.1) is 19.2 Å². The van der Waals surface area contributed by atoms with Crippen molar-refractivity contribution in [2.45, 2.75) is 37.6 Å². The fraction of sp³-hybridized carbons (Fsp3) is 0.333. The Morgan fingerprint density at radius 2 is 1.93 bits per heavy atom. The maximum absolute atomic E-state index is 13.6. The highest BCUT2D eigenvalue weighted by Crippen LogP contribution is 2.41. The first-order valence-corrected chi connectivity index (χ1v) is 9.12. The highest BCUT2D eigenvalue weighted by molar-refractivity contribution is 6.03. The van der Waals surface area contributed by atoms with E-state index in [0.717, 1.165) is 5.56 Å². The number of benzene rings is 2. The molecule has 0 unspecified atom stereocenters. The lowest BCUT2D eigenvalue weighted by atomic mass is 10.0. The minimum absolute atomic E-state index is 0.0277. The molecular formula is C21H21F3N2O3. The van der Waals surface area contributed by atoms with E-state index in [4.69, 9.17) is 4.74 Å². The number of carbonyl (C=O) groups excluding carboxylic acids is 1. The normalized spacial score (nSPS) is 19.2. The molecule has 0 bridgehead atoms. The zero-order valence-electron chi connectivity index (χ0n) is 15.8. The van der Waals surface area contributed by atoms with Gasteiger partial charge in [-0.05, 0) is 30.5 Å². The van der Waals surface area contributed by atoms with Gasteiger partial charge in [-0.2, -0.15) is 23.3 Å². The maximum atomic E-state index is 13.6. The largest absolute Gasteiger partial charge is 0.497 e. The third-order valence-electron chi connectivity index (χ3n) is 4.78. The SMILES string of the molecule is COc1cccc(C2=NN(C(=O)CCCc3ccccc3)[C@@](O)(C(F)(F)F)C2)c1. The van der Waals surface area contributed by atoms with Crippen molar-refractivity contribution in [2.24, 2.45) is 5.10 Å². The van der Waals surface area contributed by atoms with E-state index in [1.807, 2.05) is 30.3 Å². The molecule has 1 aliphatic rings. The molecule has 0 aromatic heterocycles. The van der Waals surface area contributed by atoms with Crippen molar-refractivity contribution in [3.63, 3.8) is 0 Å². The third kappa shape index (κ3) is 4.42. The summed E-state index contributed by atoms with van der Waals surface area (Å²) < 4.78 is 46.0. The van der Waals surface area contributed by atoms with E-state index in [-0.39, 0.29) is 17.1 Å². The van der Waals surface area contributed by atoms with Crippen LogP contribution < -0.4 is 4.74 Å². The van der Waals surface area contributed by atoms with E-state index in [9.17, 15) is 23.1 Å². The molecule has 2 aromatic rings. The maximum Gasteiger partial charge on any atom is 0.438 e. The van der Waals surface area contributed by atoms with Gasteiger partial charge in [0.15, 0.2) is 0 Å². The molecule has 0 fully saturated rings. The van der Waals surface area contributed by atoms with Crippen molar-refractivity contribution < 1.29 is 27.8 Å². The van der Waals surface area contributed by atoms with Crippen molar-refractivity contribution >= 4 is 11.6 Å². The second-order valence-corrected chi connectivity index (χ2v) is 6.81. The molecule has 5 nitrogen and oxygen atoms in total. The fourth-order valence-corrected chi connectivity index (χ4v) is 3.19. The van der Waals surface area contributed by atoms with Gasteiger partial charge < -0.3 is 9.84 Å².